The van der Waals surface area contributed by atoms with Gasteiger partial charge >= 0.3 is 0 Å². The highest BCUT2D eigenvalue weighted by atomic mass is 16.5. The van der Waals surface area contributed by atoms with E-state index in [9.17, 15) is 0 Å². The van der Waals surface area contributed by atoms with Gasteiger partial charge in [-0.1, -0.05) is 5.16 Å². The normalized spacial score (nSPS) is 20.4. The van der Waals surface area contributed by atoms with Crippen molar-refractivity contribution in [2.45, 2.75) is 6.04 Å². The maximum absolute atomic E-state index is 5.34. The Balaban J connectivity index is 1.83. The third kappa shape index (κ3) is 2.15. The maximum Gasteiger partial charge on any atom is 0.261 e. The van der Waals surface area contributed by atoms with Crippen molar-refractivity contribution in [1.29, 1.82) is 0 Å². The molecule has 1 N–H and O–H groups in total. The summed E-state index contributed by atoms with van der Waals surface area (Å²) in [6, 6.07) is -0.00844. The van der Waals surface area contributed by atoms with Crippen LogP contribution in [0.1, 0.15) is 11.9 Å². The highest BCUT2D eigenvalue weighted by molar-refractivity contribution is 5.48. The van der Waals surface area contributed by atoms with Crippen molar-refractivity contribution in [3.63, 3.8) is 0 Å². The van der Waals surface area contributed by atoms with Gasteiger partial charge in [0, 0.05) is 18.9 Å². The second-order valence-corrected chi connectivity index (χ2v) is 3.67. The van der Waals surface area contributed by atoms with Crippen LogP contribution < -0.4 is 5.32 Å². The second kappa shape index (κ2) is 4.56. The topological polar surface area (TPSA) is 86.0 Å². The van der Waals surface area contributed by atoms with E-state index in [-0.39, 0.29) is 6.04 Å². The molecule has 1 aliphatic heterocycles. The molecule has 0 aliphatic carbocycles. The molecule has 0 radical (unpaired) electrons. The molecule has 2 aromatic heterocycles. The van der Waals surface area contributed by atoms with Crippen LogP contribution in [0.25, 0.3) is 11.5 Å². The molecular weight excluding hydrogens is 222 g/mol. The molecule has 7 nitrogen and oxygen atoms in total. The van der Waals surface area contributed by atoms with Gasteiger partial charge in [-0.3, -0.25) is 0 Å². The van der Waals surface area contributed by atoms with Gasteiger partial charge in [0.25, 0.3) is 5.89 Å². The molecule has 0 spiro atoms. The second-order valence-electron chi connectivity index (χ2n) is 3.67. The maximum atomic E-state index is 5.34. The molecule has 17 heavy (non-hydrogen) atoms. The van der Waals surface area contributed by atoms with Crippen molar-refractivity contribution in [1.82, 2.24) is 25.4 Å². The van der Waals surface area contributed by atoms with Gasteiger partial charge in [-0.25, -0.2) is 9.97 Å². The van der Waals surface area contributed by atoms with E-state index in [0.29, 0.717) is 30.5 Å². The first-order valence-electron chi connectivity index (χ1n) is 5.33. The van der Waals surface area contributed by atoms with Crippen LogP contribution >= 0.6 is 0 Å². The van der Waals surface area contributed by atoms with Crippen LogP contribution in [0.3, 0.4) is 0 Å². The zero-order chi connectivity index (χ0) is 11.5. The van der Waals surface area contributed by atoms with Crippen molar-refractivity contribution >= 4 is 0 Å². The summed E-state index contributed by atoms with van der Waals surface area (Å²) in [5.41, 5.74) is 0.711. The average Bonchev–Trinajstić information content (AvgIpc) is 2.90. The summed E-state index contributed by atoms with van der Waals surface area (Å²) in [6.45, 7) is 2.07. The smallest absolute Gasteiger partial charge is 0.261 e. The largest absolute Gasteiger partial charge is 0.378 e. The van der Waals surface area contributed by atoms with Crippen LogP contribution in [-0.2, 0) is 4.74 Å². The Kier molecular flexibility index (Phi) is 2.76. The van der Waals surface area contributed by atoms with E-state index >= 15 is 0 Å². The molecule has 1 saturated heterocycles. The highest BCUT2D eigenvalue weighted by Gasteiger charge is 2.21. The zero-order valence-corrected chi connectivity index (χ0v) is 9.04. The number of hydrogen-bond acceptors (Lipinski definition) is 7. The fourth-order valence-corrected chi connectivity index (χ4v) is 1.63. The molecular formula is C10H11N5O2. The van der Waals surface area contributed by atoms with E-state index in [0.717, 1.165) is 6.54 Å². The van der Waals surface area contributed by atoms with E-state index < -0.39 is 0 Å². The number of hydrogen-bond donors (Lipinski definition) is 1. The quantitative estimate of drug-likeness (QED) is 0.792. The minimum atomic E-state index is -0.00844. The molecule has 1 fully saturated rings. The van der Waals surface area contributed by atoms with Gasteiger partial charge in [-0.15, -0.1) is 0 Å². The van der Waals surface area contributed by atoms with E-state index in [1.165, 1.54) is 6.33 Å². The predicted molar refractivity (Wildman–Crippen MR) is 56.9 cm³/mol. The van der Waals surface area contributed by atoms with Gasteiger partial charge < -0.3 is 14.6 Å². The van der Waals surface area contributed by atoms with Crippen LogP contribution in [0, 0.1) is 0 Å². The van der Waals surface area contributed by atoms with E-state index in [2.05, 4.69) is 25.4 Å². The third-order valence-electron chi connectivity index (χ3n) is 2.48. The molecule has 0 aromatic carbocycles. The number of nitrogens with one attached hydrogen (secondary N) is 1. The first kappa shape index (κ1) is 10.3. The number of ether oxygens (including phenoxy) is 1. The monoisotopic (exact) mass is 233 g/mol. The van der Waals surface area contributed by atoms with Gasteiger partial charge in [0.2, 0.25) is 0 Å². The lowest BCUT2D eigenvalue weighted by Gasteiger charge is -2.20. The van der Waals surface area contributed by atoms with E-state index in [1.54, 1.807) is 12.4 Å². The number of nitrogens with zero attached hydrogens (tertiary/aromatic N) is 4. The Morgan fingerprint density at radius 1 is 1.29 bits per heavy atom. The minimum Gasteiger partial charge on any atom is -0.378 e. The lowest BCUT2D eigenvalue weighted by Crippen LogP contribution is -2.35. The summed E-state index contributed by atoms with van der Waals surface area (Å²) in [5, 5.41) is 7.19. The molecule has 0 bridgehead atoms. The first-order chi connectivity index (χ1) is 8.43. The SMILES string of the molecule is c1ncc(-c2nc(C3COCCN3)no2)cn1. The summed E-state index contributed by atoms with van der Waals surface area (Å²) in [5.74, 6) is 1.02. The summed E-state index contributed by atoms with van der Waals surface area (Å²) in [6.07, 6.45) is 4.72. The Labute approximate surface area is 97.2 Å². The number of rotatable bonds is 2. The van der Waals surface area contributed by atoms with Crippen LogP contribution in [0.2, 0.25) is 0 Å². The minimum absolute atomic E-state index is 0.00844. The van der Waals surface area contributed by atoms with Crippen LogP contribution in [0.15, 0.2) is 23.2 Å². The third-order valence-corrected chi connectivity index (χ3v) is 2.48. The Morgan fingerprint density at radius 2 is 2.18 bits per heavy atom. The van der Waals surface area contributed by atoms with E-state index in [4.69, 9.17) is 9.26 Å². The molecule has 3 rings (SSSR count). The summed E-state index contributed by atoms with van der Waals surface area (Å²) < 4.78 is 10.5. The molecule has 7 heteroatoms. The predicted octanol–water partition coefficient (Wildman–Crippen LogP) is 0.187. The van der Waals surface area contributed by atoms with Gasteiger partial charge in [-0.2, -0.15) is 4.98 Å². The van der Waals surface area contributed by atoms with Gasteiger partial charge in [0.05, 0.1) is 24.8 Å². The van der Waals surface area contributed by atoms with Gasteiger partial charge in [-0.05, 0) is 0 Å². The molecule has 0 saturated carbocycles. The Bertz CT molecular complexity index is 480. The molecule has 0 amide bonds. The summed E-state index contributed by atoms with van der Waals surface area (Å²) in [4.78, 5) is 12.1. The van der Waals surface area contributed by atoms with Crippen LogP contribution in [-0.4, -0.2) is 39.9 Å². The van der Waals surface area contributed by atoms with E-state index in [1.807, 2.05) is 0 Å². The molecule has 88 valence electrons. The summed E-state index contributed by atoms with van der Waals surface area (Å²) >= 11 is 0. The standard InChI is InChI=1S/C10H11N5O2/c1-2-16-5-8(13-1)9-14-10(17-15-9)7-3-11-6-12-4-7/h3-4,6,8,13H,1-2,5H2. The molecule has 1 unspecified atom stereocenters. The van der Waals surface area contributed by atoms with Crippen LogP contribution in [0.4, 0.5) is 0 Å². The Hall–Kier alpha value is -1.86. The first-order valence-corrected chi connectivity index (χ1v) is 5.33. The lowest BCUT2D eigenvalue weighted by atomic mass is 10.2. The number of morpholine rings is 1. The van der Waals surface area contributed by atoms with Crippen molar-refractivity contribution in [3.05, 3.63) is 24.5 Å². The Morgan fingerprint density at radius 3 is 2.94 bits per heavy atom. The van der Waals surface area contributed by atoms with Crippen molar-refractivity contribution < 1.29 is 9.26 Å². The molecule has 1 atom stereocenters. The lowest BCUT2D eigenvalue weighted by molar-refractivity contribution is 0.0734. The molecule has 2 aromatic rings. The van der Waals surface area contributed by atoms with Crippen LogP contribution in [0.5, 0.6) is 0 Å². The average molecular weight is 233 g/mol. The fraction of sp³-hybridized carbons (Fsp3) is 0.400. The fourth-order valence-electron chi connectivity index (χ4n) is 1.63. The number of aromatic nitrogens is 4. The van der Waals surface area contributed by atoms with Crippen molar-refractivity contribution in [3.8, 4) is 11.5 Å². The van der Waals surface area contributed by atoms with Crippen molar-refractivity contribution in [2.75, 3.05) is 19.8 Å². The molecule has 1 aliphatic rings. The van der Waals surface area contributed by atoms with Crippen molar-refractivity contribution in [2.24, 2.45) is 0 Å². The van der Waals surface area contributed by atoms with Gasteiger partial charge in [0.15, 0.2) is 5.82 Å². The molecule has 3 heterocycles. The zero-order valence-electron chi connectivity index (χ0n) is 9.04. The highest BCUT2D eigenvalue weighted by Crippen LogP contribution is 2.18. The summed E-state index contributed by atoms with van der Waals surface area (Å²) in [7, 11) is 0. The van der Waals surface area contributed by atoms with Gasteiger partial charge in [0.1, 0.15) is 6.33 Å².